The quantitative estimate of drug-likeness (QED) is 0.691. The molecule has 116 valence electrons. The van der Waals surface area contributed by atoms with Crippen molar-refractivity contribution in [2.24, 2.45) is 0 Å². The minimum absolute atomic E-state index is 0.120. The number of amides is 3. The smallest absolute Gasteiger partial charge is 0.303 e. The number of benzene rings is 2. The molecule has 0 radical (unpaired) electrons. The van der Waals surface area contributed by atoms with Crippen LogP contribution in [0.1, 0.15) is 11.1 Å². The summed E-state index contributed by atoms with van der Waals surface area (Å²) < 4.78 is 13.2. The van der Waals surface area contributed by atoms with Crippen molar-refractivity contribution in [2.45, 2.75) is 6.54 Å². The molecule has 0 spiro atoms. The first-order valence-electron chi connectivity index (χ1n) is 6.87. The van der Waals surface area contributed by atoms with E-state index in [-0.39, 0.29) is 12.2 Å². The van der Waals surface area contributed by atoms with Crippen LogP contribution in [0.4, 0.5) is 9.18 Å². The van der Waals surface area contributed by atoms with E-state index in [4.69, 9.17) is 11.6 Å². The second-order valence-corrected chi connectivity index (χ2v) is 5.50. The predicted octanol–water partition coefficient (Wildman–Crippen LogP) is 3.57. The Morgan fingerprint density at radius 2 is 1.87 bits per heavy atom. The Labute approximate surface area is 137 Å². The van der Waals surface area contributed by atoms with Crippen LogP contribution in [0, 0.1) is 5.82 Å². The van der Waals surface area contributed by atoms with Gasteiger partial charge in [-0.15, -0.1) is 0 Å². The predicted molar refractivity (Wildman–Crippen MR) is 84.9 cm³/mol. The summed E-state index contributed by atoms with van der Waals surface area (Å²) >= 11 is 5.81. The molecule has 0 aliphatic carbocycles. The lowest BCUT2D eigenvalue weighted by atomic mass is 10.2. The Hall–Kier alpha value is -2.66. The summed E-state index contributed by atoms with van der Waals surface area (Å²) in [5, 5.41) is 3.08. The van der Waals surface area contributed by atoms with Gasteiger partial charge in [0.15, 0.2) is 0 Å². The molecule has 2 aromatic carbocycles. The van der Waals surface area contributed by atoms with Gasteiger partial charge in [-0.3, -0.25) is 9.69 Å². The maximum Gasteiger partial charge on any atom is 0.329 e. The first-order chi connectivity index (χ1) is 11.0. The fourth-order valence-corrected chi connectivity index (χ4v) is 2.38. The zero-order chi connectivity index (χ0) is 16.4. The molecule has 3 amide bonds. The van der Waals surface area contributed by atoms with E-state index in [9.17, 15) is 14.0 Å². The number of nitrogens with zero attached hydrogens (tertiary/aromatic N) is 1. The standard InChI is InChI=1S/C17H12ClFN2O2/c18-13-6-4-11(5-7-13)10-21-16(22)15(20-17(21)23)9-12-2-1-3-14(19)8-12/h1-9H,10H2,(H,20,23)/b15-9-. The second kappa shape index (κ2) is 6.22. The van der Waals surface area contributed by atoms with Crippen molar-refractivity contribution in [2.75, 3.05) is 0 Å². The number of carbonyl (C=O) groups excluding carboxylic acids is 2. The number of imide groups is 1. The van der Waals surface area contributed by atoms with Crippen molar-refractivity contribution in [3.05, 3.63) is 76.2 Å². The molecule has 1 fully saturated rings. The average Bonchev–Trinajstić information content (AvgIpc) is 2.77. The van der Waals surface area contributed by atoms with Crippen molar-refractivity contribution in [3.8, 4) is 0 Å². The minimum Gasteiger partial charge on any atom is -0.303 e. The lowest BCUT2D eigenvalue weighted by molar-refractivity contribution is -0.123. The number of rotatable bonds is 3. The second-order valence-electron chi connectivity index (χ2n) is 5.06. The fraction of sp³-hybridized carbons (Fsp3) is 0.0588. The van der Waals surface area contributed by atoms with Crippen molar-refractivity contribution in [1.29, 1.82) is 0 Å². The van der Waals surface area contributed by atoms with Gasteiger partial charge >= 0.3 is 6.03 Å². The zero-order valence-corrected chi connectivity index (χ0v) is 12.7. The van der Waals surface area contributed by atoms with Crippen LogP contribution in [-0.2, 0) is 11.3 Å². The van der Waals surface area contributed by atoms with E-state index >= 15 is 0 Å². The summed E-state index contributed by atoms with van der Waals surface area (Å²) in [5.74, 6) is -0.858. The summed E-state index contributed by atoms with van der Waals surface area (Å²) in [6.45, 7) is 0.141. The van der Waals surface area contributed by atoms with E-state index in [1.165, 1.54) is 24.3 Å². The van der Waals surface area contributed by atoms with Gasteiger partial charge in [0.05, 0.1) is 6.54 Å². The molecule has 0 aromatic heterocycles. The Bertz CT molecular complexity index is 802. The van der Waals surface area contributed by atoms with E-state index in [2.05, 4.69) is 5.32 Å². The highest BCUT2D eigenvalue weighted by Gasteiger charge is 2.33. The van der Waals surface area contributed by atoms with Crippen LogP contribution in [0.3, 0.4) is 0 Å². The summed E-state index contributed by atoms with van der Waals surface area (Å²) in [4.78, 5) is 25.4. The van der Waals surface area contributed by atoms with Gasteiger partial charge < -0.3 is 5.32 Å². The van der Waals surface area contributed by atoms with E-state index in [1.54, 1.807) is 30.3 Å². The molecule has 1 heterocycles. The molecule has 6 heteroatoms. The molecular weight excluding hydrogens is 319 g/mol. The molecule has 1 aliphatic rings. The molecule has 23 heavy (non-hydrogen) atoms. The lowest BCUT2D eigenvalue weighted by Crippen LogP contribution is -2.30. The van der Waals surface area contributed by atoms with Gasteiger partial charge in [0.1, 0.15) is 11.5 Å². The van der Waals surface area contributed by atoms with Crippen LogP contribution in [0.5, 0.6) is 0 Å². The summed E-state index contributed by atoms with van der Waals surface area (Å²) in [5.41, 5.74) is 1.40. The topological polar surface area (TPSA) is 49.4 Å². The van der Waals surface area contributed by atoms with Gasteiger partial charge in [0.25, 0.3) is 5.91 Å². The molecule has 1 N–H and O–H groups in total. The van der Waals surface area contributed by atoms with Crippen molar-refractivity contribution in [3.63, 3.8) is 0 Å². The van der Waals surface area contributed by atoms with E-state index < -0.39 is 17.8 Å². The Morgan fingerprint density at radius 3 is 2.57 bits per heavy atom. The number of urea groups is 1. The Morgan fingerprint density at radius 1 is 1.13 bits per heavy atom. The van der Waals surface area contributed by atoms with Crippen LogP contribution < -0.4 is 5.32 Å². The largest absolute Gasteiger partial charge is 0.329 e. The van der Waals surface area contributed by atoms with E-state index in [0.29, 0.717) is 10.6 Å². The lowest BCUT2D eigenvalue weighted by Gasteiger charge is -2.11. The normalized spacial score (nSPS) is 16.1. The number of hydrogen-bond donors (Lipinski definition) is 1. The molecule has 0 bridgehead atoms. The first kappa shape index (κ1) is 15.2. The molecule has 0 atom stereocenters. The molecule has 0 saturated carbocycles. The molecule has 2 aromatic rings. The molecule has 1 aliphatic heterocycles. The highest BCUT2D eigenvalue weighted by Crippen LogP contribution is 2.18. The first-order valence-corrected chi connectivity index (χ1v) is 7.25. The van der Waals surface area contributed by atoms with Crippen LogP contribution >= 0.6 is 11.6 Å². The monoisotopic (exact) mass is 330 g/mol. The number of halogens is 2. The highest BCUT2D eigenvalue weighted by atomic mass is 35.5. The van der Waals surface area contributed by atoms with Gasteiger partial charge in [-0.1, -0.05) is 35.9 Å². The number of nitrogens with one attached hydrogen (secondary N) is 1. The molecule has 4 nitrogen and oxygen atoms in total. The average molecular weight is 331 g/mol. The SMILES string of the molecule is O=C1N/C(=C\c2cccc(F)c2)C(=O)N1Cc1ccc(Cl)cc1. The van der Waals surface area contributed by atoms with Gasteiger partial charge in [-0.05, 0) is 41.5 Å². The zero-order valence-electron chi connectivity index (χ0n) is 11.9. The van der Waals surface area contributed by atoms with Gasteiger partial charge in [-0.25, -0.2) is 9.18 Å². The molecule has 3 rings (SSSR count). The molecular formula is C17H12ClFN2O2. The van der Waals surface area contributed by atoms with Crippen LogP contribution in [0.25, 0.3) is 6.08 Å². The van der Waals surface area contributed by atoms with Gasteiger partial charge in [-0.2, -0.15) is 0 Å². The number of hydrogen-bond acceptors (Lipinski definition) is 2. The maximum absolute atomic E-state index is 13.2. The van der Waals surface area contributed by atoms with Crippen molar-refractivity contribution >= 4 is 29.6 Å². The van der Waals surface area contributed by atoms with Crippen LogP contribution in [0.2, 0.25) is 5.02 Å². The Kier molecular flexibility index (Phi) is 4.12. The molecule has 1 saturated heterocycles. The summed E-state index contributed by atoms with van der Waals surface area (Å²) in [6.07, 6.45) is 1.45. The van der Waals surface area contributed by atoms with E-state index in [0.717, 1.165) is 10.5 Å². The maximum atomic E-state index is 13.2. The highest BCUT2D eigenvalue weighted by molar-refractivity contribution is 6.30. The Balaban J connectivity index is 1.81. The number of carbonyl (C=O) groups is 2. The van der Waals surface area contributed by atoms with Gasteiger partial charge in [0.2, 0.25) is 0 Å². The third-order valence-electron chi connectivity index (χ3n) is 3.38. The van der Waals surface area contributed by atoms with Crippen LogP contribution in [0.15, 0.2) is 54.2 Å². The third kappa shape index (κ3) is 3.40. The van der Waals surface area contributed by atoms with Crippen LogP contribution in [-0.4, -0.2) is 16.8 Å². The summed E-state index contributed by atoms with van der Waals surface area (Å²) in [6, 6.07) is 12.2. The van der Waals surface area contributed by atoms with Crippen molar-refractivity contribution in [1.82, 2.24) is 10.2 Å². The van der Waals surface area contributed by atoms with Crippen molar-refractivity contribution < 1.29 is 14.0 Å². The van der Waals surface area contributed by atoms with Gasteiger partial charge in [0, 0.05) is 5.02 Å². The minimum atomic E-state index is -0.507. The molecule has 0 unspecified atom stereocenters. The summed E-state index contributed by atoms with van der Waals surface area (Å²) in [7, 11) is 0. The third-order valence-corrected chi connectivity index (χ3v) is 3.63. The fourth-order valence-electron chi connectivity index (χ4n) is 2.25. The van der Waals surface area contributed by atoms with E-state index in [1.807, 2.05) is 0 Å².